The first-order valence-corrected chi connectivity index (χ1v) is 21.0. The van der Waals surface area contributed by atoms with Gasteiger partial charge in [-0.2, -0.15) is 0 Å². The average molecular weight is 838 g/mol. The minimum absolute atomic E-state index is 0.00851. The summed E-state index contributed by atoms with van der Waals surface area (Å²) < 4.78 is 16.1. The Hall–Kier alpha value is -6.63. The molecule has 0 spiro atoms. The van der Waals surface area contributed by atoms with Crippen molar-refractivity contribution < 1.29 is 33.4 Å². The first-order chi connectivity index (χ1) is 29.2. The zero-order valence-electron chi connectivity index (χ0n) is 33.2. The fourth-order valence-corrected chi connectivity index (χ4v) is 9.52. The van der Waals surface area contributed by atoms with E-state index in [9.17, 15) is 19.2 Å². The fourth-order valence-electron chi connectivity index (χ4n) is 7.11. The Labute approximate surface area is 357 Å². The average Bonchev–Trinajstić information content (AvgIpc) is 3.65. The summed E-state index contributed by atoms with van der Waals surface area (Å²) >= 11 is 2.74. The highest BCUT2D eigenvalue weighted by molar-refractivity contribution is 8.00. The molecule has 0 bridgehead atoms. The minimum Gasteiger partial charge on any atom is -0.493 e. The van der Waals surface area contributed by atoms with Gasteiger partial charge >= 0.3 is 5.97 Å². The van der Waals surface area contributed by atoms with Gasteiger partial charge in [0.15, 0.2) is 11.5 Å². The maximum atomic E-state index is 14.4. The number of thiophene rings is 1. The molecule has 7 rings (SSSR count). The number of hydrogen-bond donors (Lipinski definition) is 3. The number of anilines is 2. The zero-order valence-corrected chi connectivity index (χ0v) is 34.9. The van der Waals surface area contributed by atoms with E-state index in [0.29, 0.717) is 56.1 Å². The predicted octanol–water partition coefficient (Wildman–Crippen LogP) is 9.71. The number of carbonyl (C=O) groups is 4. The molecule has 12 heteroatoms. The maximum Gasteiger partial charge on any atom is 0.341 e. The van der Waals surface area contributed by atoms with Crippen LogP contribution in [0.2, 0.25) is 0 Å². The second kappa shape index (κ2) is 19.4. The van der Waals surface area contributed by atoms with Crippen LogP contribution in [0.5, 0.6) is 11.5 Å². The minimum atomic E-state index is -0.732. The van der Waals surface area contributed by atoms with Crippen LogP contribution in [0, 0.1) is 0 Å². The standard InChI is InChI=1S/C48H43N3O7S2/c1-56-39-25-22-30(27-40(39)57-2)26-38(50-44(52)33-18-11-6-12-19-33)45(53)49-35-20-13-21-36(29-35)59-43(32-16-9-5-10-17-32)46(54)51-47-42(48(55)58-3)37-24-23-34(28-41(37)60-47)31-14-7-4-8-15-31/h4-22,25-27,29,34,43H,23-24,28H2,1-3H3,(H,49,53)(H,50,52)(H,51,54)/b38-26+. The van der Waals surface area contributed by atoms with Crippen LogP contribution in [0.3, 0.4) is 0 Å². The van der Waals surface area contributed by atoms with Gasteiger partial charge in [0, 0.05) is 21.0 Å². The topological polar surface area (TPSA) is 132 Å². The van der Waals surface area contributed by atoms with Gasteiger partial charge in [-0.1, -0.05) is 91.0 Å². The summed E-state index contributed by atoms with van der Waals surface area (Å²) in [6.45, 7) is 0. The number of hydrogen-bond acceptors (Lipinski definition) is 9. The van der Waals surface area contributed by atoms with Crippen LogP contribution in [0.1, 0.15) is 65.4 Å². The Balaban J connectivity index is 1.14. The summed E-state index contributed by atoms with van der Waals surface area (Å²) in [6, 6.07) is 40.6. The molecule has 1 aromatic heterocycles. The smallest absolute Gasteiger partial charge is 0.341 e. The number of thioether (sulfide) groups is 1. The summed E-state index contributed by atoms with van der Waals surface area (Å²) in [6.07, 6.45) is 3.90. The summed E-state index contributed by atoms with van der Waals surface area (Å²) in [4.78, 5) is 56.7. The lowest BCUT2D eigenvalue weighted by Crippen LogP contribution is -2.30. The monoisotopic (exact) mass is 837 g/mol. The molecule has 1 heterocycles. The molecule has 60 heavy (non-hydrogen) atoms. The quantitative estimate of drug-likeness (QED) is 0.0562. The molecule has 0 fully saturated rings. The fraction of sp³-hybridized carbons (Fsp3) is 0.167. The second-order valence-corrected chi connectivity index (χ2v) is 16.2. The van der Waals surface area contributed by atoms with E-state index in [1.807, 2.05) is 54.6 Å². The first kappa shape index (κ1) is 41.5. The molecule has 3 N–H and O–H groups in total. The molecule has 6 aromatic rings. The zero-order chi connectivity index (χ0) is 42.0. The highest BCUT2D eigenvalue weighted by Crippen LogP contribution is 2.44. The van der Waals surface area contributed by atoms with E-state index in [-0.39, 0.29) is 11.6 Å². The molecular formula is C48H43N3O7S2. The van der Waals surface area contributed by atoms with Crippen molar-refractivity contribution in [3.8, 4) is 11.5 Å². The van der Waals surface area contributed by atoms with Crippen molar-refractivity contribution in [2.75, 3.05) is 32.0 Å². The van der Waals surface area contributed by atoms with Crippen LogP contribution in [0.15, 0.2) is 144 Å². The number of fused-ring (bicyclic) bond motifs is 1. The molecule has 3 amide bonds. The second-order valence-electron chi connectivity index (χ2n) is 13.9. The van der Waals surface area contributed by atoms with Crippen molar-refractivity contribution in [2.45, 2.75) is 35.3 Å². The van der Waals surface area contributed by atoms with Crippen molar-refractivity contribution in [3.63, 3.8) is 0 Å². The van der Waals surface area contributed by atoms with Gasteiger partial charge in [0.2, 0.25) is 5.91 Å². The highest BCUT2D eigenvalue weighted by atomic mass is 32.2. The number of carbonyl (C=O) groups excluding carboxylic acids is 4. The first-order valence-electron chi connectivity index (χ1n) is 19.3. The third-order valence-electron chi connectivity index (χ3n) is 10.1. The van der Waals surface area contributed by atoms with Crippen LogP contribution >= 0.6 is 23.1 Å². The molecule has 0 radical (unpaired) electrons. The van der Waals surface area contributed by atoms with E-state index >= 15 is 0 Å². The van der Waals surface area contributed by atoms with Crippen molar-refractivity contribution >= 4 is 63.6 Å². The lowest BCUT2D eigenvalue weighted by Gasteiger charge is -2.22. The highest BCUT2D eigenvalue weighted by Gasteiger charge is 2.32. The van der Waals surface area contributed by atoms with E-state index < -0.39 is 23.0 Å². The largest absolute Gasteiger partial charge is 0.493 e. The summed E-state index contributed by atoms with van der Waals surface area (Å²) in [7, 11) is 4.40. The van der Waals surface area contributed by atoms with Gasteiger partial charge < -0.3 is 30.2 Å². The number of rotatable bonds is 14. The van der Waals surface area contributed by atoms with Crippen LogP contribution in [-0.4, -0.2) is 45.0 Å². The molecule has 304 valence electrons. The van der Waals surface area contributed by atoms with Crippen molar-refractivity contribution in [3.05, 3.63) is 177 Å². The van der Waals surface area contributed by atoms with Crippen LogP contribution in [0.25, 0.3) is 6.08 Å². The number of esters is 1. The van der Waals surface area contributed by atoms with Crippen LogP contribution in [-0.2, 0) is 27.2 Å². The van der Waals surface area contributed by atoms with Gasteiger partial charge in [-0.15, -0.1) is 23.1 Å². The molecule has 2 unspecified atom stereocenters. The van der Waals surface area contributed by atoms with Crippen LogP contribution < -0.4 is 25.4 Å². The summed E-state index contributed by atoms with van der Waals surface area (Å²) in [5, 5.41) is 8.54. The van der Waals surface area contributed by atoms with E-state index in [1.54, 1.807) is 72.8 Å². The normalized spacial score (nSPS) is 13.9. The Morgan fingerprint density at radius 2 is 1.47 bits per heavy atom. The Bertz CT molecular complexity index is 2520. The van der Waals surface area contributed by atoms with Crippen molar-refractivity contribution in [2.24, 2.45) is 0 Å². The third kappa shape index (κ3) is 9.79. The van der Waals surface area contributed by atoms with E-state index in [2.05, 4.69) is 28.1 Å². The number of methoxy groups -OCH3 is 3. The molecular weight excluding hydrogens is 795 g/mol. The van der Waals surface area contributed by atoms with Crippen molar-refractivity contribution in [1.82, 2.24) is 5.32 Å². The SMILES string of the molecule is COC(=O)c1c(NC(=O)C(Sc2cccc(NC(=O)/C(=C\c3ccc(OC)c(OC)c3)NC(=O)c3ccccc3)c2)c2ccccc2)sc2c1CCC(c1ccccc1)C2. The molecule has 10 nitrogen and oxygen atoms in total. The molecule has 2 atom stereocenters. The molecule has 1 aliphatic rings. The van der Waals surface area contributed by atoms with Gasteiger partial charge in [0.1, 0.15) is 15.9 Å². The number of benzene rings is 5. The number of nitrogens with one attached hydrogen (secondary N) is 3. The molecule has 0 saturated heterocycles. The molecule has 5 aromatic carbocycles. The van der Waals surface area contributed by atoms with Crippen molar-refractivity contribution in [1.29, 1.82) is 0 Å². The van der Waals surface area contributed by atoms with Crippen LogP contribution in [0.4, 0.5) is 10.7 Å². The lowest BCUT2D eigenvalue weighted by atomic mass is 9.83. The number of amides is 3. The lowest BCUT2D eigenvalue weighted by molar-refractivity contribution is -0.116. The van der Waals surface area contributed by atoms with E-state index in [0.717, 1.165) is 28.8 Å². The van der Waals surface area contributed by atoms with Gasteiger partial charge in [-0.3, -0.25) is 14.4 Å². The van der Waals surface area contributed by atoms with Gasteiger partial charge in [0.05, 0.1) is 26.9 Å². The van der Waals surface area contributed by atoms with Gasteiger partial charge in [-0.25, -0.2) is 4.79 Å². The molecule has 0 saturated carbocycles. The summed E-state index contributed by atoms with van der Waals surface area (Å²) in [5.41, 5.74) is 4.75. The predicted molar refractivity (Wildman–Crippen MR) is 237 cm³/mol. The van der Waals surface area contributed by atoms with Gasteiger partial charge in [-0.05, 0) is 96.0 Å². The van der Waals surface area contributed by atoms with E-state index in [1.165, 1.54) is 50.0 Å². The van der Waals surface area contributed by atoms with Gasteiger partial charge in [0.25, 0.3) is 11.8 Å². The molecule has 0 aliphatic heterocycles. The Morgan fingerprint density at radius 3 is 2.17 bits per heavy atom. The Morgan fingerprint density at radius 1 is 0.767 bits per heavy atom. The third-order valence-corrected chi connectivity index (χ3v) is 12.5. The Kier molecular flexibility index (Phi) is 13.4. The maximum absolute atomic E-state index is 14.4. The molecule has 1 aliphatic carbocycles. The van der Waals surface area contributed by atoms with E-state index in [4.69, 9.17) is 14.2 Å². The summed E-state index contributed by atoms with van der Waals surface area (Å²) in [5.74, 6) is -0.540. The number of ether oxygens (including phenoxy) is 3.